The highest BCUT2D eigenvalue weighted by molar-refractivity contribution is 7.17. The molecule has 3 aromatic rings. The van der Waals surface area contributed by atoms with E-state index in [4.69, 9.17) is 0 Å². The molecule has 3 rings (SSSR count). The number of benzene rings is 1. The van der Waals surface area contributed by atoms with E-state index in [0.29, 0.717) is 5.82 Å². The lowest BCUT2D eigenvalue weighted by Crippen LogP contribution is -2.24. The summed E-state index contributed by atoms with van der Waals surface area (Å²) in [4.78, 5) is 20.6. The lowest BCUT2D eigenvalue weighted by molar-refractivity contribution is -0.122. The van der Waals surface area contributed by atoms with Gasteiger partial charge in [0.15, 0.2) is 5.13 Å². The van der Waals surface area contributed by atoms with E-state index >= 15 is 0 Å². The topological polar surface area (TPSA) is 101 Å². The zero-order chi connectivity index (χ0) is 19.1. The van der Waals surface area contributed by atoms with Crippen molar-refractivity contribution in [2.24, 2.45) is 5.10 Å². The standard InChI is InChI=1S/C17H20N8OS/c1-3-24(4-2)17-18-10-14(27-17)11-19-20-15(26)12-25-22-16(21-23-25)13-8-6-5-7-9-13/h5-11H,3-4,12H2,1-2H3,(H,20,26)/b19-11+. The van der Waals surface area contributed by atoms with Gasteiger partial charge in [-0.2, -0.15) is 9.90 Å². The van der Waals surface area contributed by atoms with Crippen LogP contribution in [0.1, 0.15) is 18.7 Å². The Balaban J connectivity index is 1.53. The molecule has 0 radical (unpaired) electrons. The summed E-state index contributed by atoms with van der Waals surface area (Å²) in [5, 5.41) is 16.9. The molecule has 1 amide bonds. The second-order valence-electron chi connectivity index (χ2n) is 5.52. The molecular formula is C17H20N8OS. The summed E-state index contributed by atoms with van der Waals surface area (Å²) >= 11 is 1.52. The van der Waals surface area contributed by atoms with E-state index in [1.807, 2.05) is 30.3 Å². The molecule has 9 nitrogen and oxygen atoms in total. The zero-order valence-corrected chi connectivity index (χ0v) is 15.9. The van der Waals surface area contributed by atoms with E-state index in [1.165, 1.54) is 16.1 Å². The normalized spacial score (nSPS) is 11.0. The summed E-state index contributed by atoms with van der Waals surface area (Å²) in [6, 6.07) is 9.46. The molecule has 0 fully saturated rings. The van der Waals surface area contributed by atoms with Crippen molar-refractivity contribution >= 4 is 28.6 Å². The average molecular weight is 384 g/mol. The van der Waals surface area contributed by atoms with Crippen LogP contribution in [0.3, 0.4) is 0 Å². The largest absolute Gasteiger partial charge is 0.349 e. The SMILES string of the molecule is CCN(CC)c1ncc(/C=N/NC(=O)Cn2nnc(-c3ccccc3)n2)s1. The third-order valence-corrected chi connectivity index (χ3v) is 4.69. The van der Waals surface area contributed by atoms with Gasteiger partial charge in [0.1, 0.15) is 6.54 Å². The third-order valence-electron chi connectivity index (χ3n) is 3.70. The molecule has 0 aliphatic carbocycles. The maximum Gasteiger partial charge on any atom is 0.263 e. The molecule has 0 saturated heterocycles. The first-order valence-electron chi connectivity index (χ1n) is 8.55. The van der Waals surface area contributed by atoms with Gasteiger partial charge in [0, 0.05) is 24.8 Å². The minimum Gasteiger partial charge on any atom is -0.349 e. The van der Waals surface area contributed by atoms with Crippen LogP contribution in [0.4, 0.5) is 5.13 Å². The van der Waals surface area contributed by atoms with E-state index in [2.05, 4.69) is 49.7 Å². The number of rotatable bonds is 8. The number of thiazole rings is 1. The summed E-state index contributed by atoms with van der Waals surface area (Å²) < 4.78 is 0. The second kappa shape index (κ2) is 8.99. The molecule has 0 bridgehead atoms. The summed E-state index contributed by atoms with van der Waals surface area (Å²) in [6.07, 6.45) is 3.31. The van der Waals surface area contributed by atoms with Crippen LogP contribution in [0.15, 0.2) is 41.6 Å². The Morgan fingerprint density at radius 1 is 1.30 bits per heavy atom. The maximum absolute atomic E-state index is 12.0. The highest BCUT2D eigenvalue weighted by Gasteiger charge is 2.09. The first kappa shape index (κ1) is 18.6. The fourth-order valence-electron chi connectivity index (χ4n) is 2.32. The second-order valence-corrected chi connectivity index (χ2v) is 6.56. The van der Waals surface area contributed by atoms with Crippen molar-refractivity contribution in [3.63, 3.8) is 0 Å². The number of hydrogen-bond acceptors (Lipinski definition) is 8. The molecule has 0 spiro atoms. The van der Waals surface area contributed by atoms with Gasteiger partial charge in [0.25, 0.3) is 5.91 Å². The number of nitrogens with zero attached hydrogens (tertiary/aromatic N) is 7. The monoisotopic (exact) mass is 384 g/mol. The minimum absolute atomic E-state index is 0.0649. The van der Waals surface area contributed by atoms with Gasteiger partial charge >= 0.3 is 0 Å². The first-order valence-corrected chi connectivity index (χ1v) is 9.37. The van der Waals surface area contributed by atoms with Gasteiger partial charge in [-0.1, -0.05) is 41.7 Å². The molecule has 0 saturated carbocycles. The highest BCUT2D eigenvalue weighted by Crippen LogP contribution is 2.20. The number of carbonyl (C=O) groups excluding carboxylic acids is 1. The first-order chi connectivity index (χ1) is 13.2. The molecule has 2 heterocycles. The Bertz CT molecular complexity index is 901. The number of carbonyl (C=O) groups is 1. The molecule has 1 aromatic carbocycles. The van der Waals surface area contributed by atoms with Crippen molar-refractivity contribution in [1.29, 1.82) is 0 Å². The molecule has 0 aliphatic heterocycles. The van der Waals surface area contributed by atoms with Crippen LogP contribution in [0, 0.1) is 0 Å². The van der Waals surface area contributed by atoms with Gasteiger partial charge < -0.3 is 4.90 Å². The van der Waals surface area contributed by atoms with Gasteiger partial charge in [-0.05, 0) is 19.1 Å². The zero-order valence-electron chi connectivity index (χ0n) is 15.1. The van der Waals surface area contributed by atoms with Crippen molar-refractivity contribution in [2.45, 2.75) is 20.4 Å². The van der Waals surface area contributed by atoms with E-state index in [-0.39, 0.29) is 12.5 Å². The summed E-state index contributed by atoms with van der Waals surface area (Å²) in [5.74, 6) is 0.136. The predicted octanol–water partition coefficient (Wildman–Crippen LogP) is 1.79. The predicted molar refractivity (Wildman–Crippen MR) is 105 cm³/mol. The third kappa shape index (κ3) is 4.94. The molecule has 10 heteroatoms. The van der Waals surface area contributed by atoms with Crippen LogP contribution >= 0.6 is 11.3 Å². The van der Waals surface area contributed by atoms with Crippen molar-refractivity contribution in [3.8, 4) is 11.4 Å². The molecule has 27 heavy (non-hydrogen) atoms. The molecule has 0 unspecified atom stereocenters. The van der Waals surface area contributed by atoms with E-state index in [9.17, 15) is 4.79 Å². The number of anilines is 1. The maximum atomic E-state index is 12.0. The van der Waals surface area contributed by atoms with Crippen molar-refractivity contribution in [3.05, 3.63) is 41.4 Å². The molecule has 1 N–H and O–H groups in total. The Morgan fingerprint density at radius 3 is 2.81 bits per heavy atom. The lowest BCUT2D eigenvalue weighted by Gasteiger charge is -2.16. The van der Waals surface area contributed by atoms with Crippen LogP contribution < -0.4 is 10.3 Å². The van der Waals surface area contributed by atoms with Crippen molar-refractivity contribution in [1.82, 2.24) is 30.6 Å². The summed E-state index contributed by atoms with van der Waals surface area (Å²) in [5.41, 5.74) is 3.31. The number of tetrazole rings is 1. The van der Waals surface area contributed by atoms with Crippen molar-refractivity contribution in [2.75, 3.05) is 18.0 Å². The highest BCUT2D eigenvalue weighted by atomic mass is 32.1. The molecule has 140 valence electrons. The summed E-state index contributed by atoms with van der Waals surface area (Å²) in [7, 11) is 0. The number of aromatic nitrogens is 5. The Kier molecular flexibility index (Phi) is 6.21. The van der Waals surface area contributed by atoms with Crippen molar-refractivity contribution < 1.29 is 4.79 Å². The quantitative estimate of drug-likeness (QED) is 0.469. The van der Waals surface area contributed by atoms with Crippen LogP contribution in [0.25, 0.3) is 11.4 Å². The fourth-order valence-corrected chi connectivity index (χ4v) is 3.24. The lowest BCUT2D eigenvalue weighted by atomic mass is 10.2. The Morgan fingerprint density at radius 2 is 2.07 bits per heavy atom. The van der Waals surface area contributed by atoms with Gasteiger partial charge in [-0.25, -0.2) is 10.4 Å². The van der Waals surface area contributed by atoms with Crippen LogP contribution in [0.2, 0.25) is 0 Å². The summed E-state index contributed by atoms with van der Waals surface area (Å²) in [6.45, 7) is 5.89. The van der Waals surface area contributed by atoms with Crippen LogP contribution in [-0.2, 0) is 11.3 Å². The number of hydrazone groups is 1. The minimum atomic E-state index is -0.336. The molecule has 0 aliphatic rings. The number of nitrogens with one attached hydrogen (secondary N) is 1. The van der Waals surface area contributed by atoms with E-state index < -0.39 is 0 Å². The fraction of sp³-hybridized carbons (Fsp3) is 0.294. The molecule has 2 aromatic heterocycles. The van der Waals surface area contributed by atoms with Gasteiger partial charge in [0.2, 0.25) is 5.82 Å². The van der Waals surface area contributed by atoms with Gasteiger partial charge in [0.05, 0.1) is 11.1 Å². The van der Waals surface area contributed by atoms with Gasteiger partial charge in [-0.15, -0.1) is 10.2 Å². The number of hydrogen-bond donors (Lipinski definition) is 1. The number of amides is 1. The van der Waals surface area contributed by atoms with E-state index in [0.717, 1.165) is 28.7 Å². The smallest absolute Gasteiger partial charge is 0.263 e. The Hall–Kier alpha value is -3.14. The van der Waals surface area contributed by atoms with Gasteiger partial charge in [-0.3, -0.25) is 4.79 Å². The van der Waals surface area contributed by atoms with Crippen LogP contribution in [-0.4, -0.2) is 50.4 Å². The molecular weight excluding hydrogens is 364 g/mol. The average Bonchev–Trinajstić information content (AvgIpc) is 3.34. The van der Waals surface area contributed by atoms with E-state index in [1.54, 1.807) is 12.4 Å². The molecule has 0 atom stereocenters. The van der Waals surface area contributed by atoms with Crippen LogP contribution in [0.5, 0.6) is 0 Å². The Labute approximate surface area is 160 Å².